The number of halogens is 1. The fraction of sp³-hybridized carbons (Fsp3) is 0.417. The summed E-state index contributed by atoms with van der Waals surface area (Å²) in [5.41, 5.74) is 0.975. The van der Waals surface area contributed by atoms with E-state index in [0.717, 1.165) is 23.5 Å². The largest absolute Gasteiger partial charge is 0.352 e. The smallest absolute Gasteiger partial charge is 0.224 e. The molecule has 0 spiro atoms. The molecule has 1 unspecified atom stereocenters. The third-order valence-electron chi connectivity index (χ3n) is 2.71. The first-order valence-corrected chi connectivity index (χ1v) is 6.89. The summed E-state index contributed by atoms with van der Waals surface area (Å²) in [5, 5.41) is 3.66. The second-order valence-corrected chi connectivity index (χ2v) is 5.43. The normalized spacial score (nSPS) is 19.7. The van der Waals surface area contributed by atoms with Crippen molar-refractivity contribution in [3.05, 3.63) is 34.9 Å². The van der Waals surface area contributed by atoms with Crippen LogP contribution in [0.3, 0.4) is 0 Å². The molecule has 0 bridgehead atoms. The second-order valence-electron chi connectivity index (χ2n) is 3.87. The highest BCUT2D eigenvalue weighted by atomic mass is 35.5. The van der Waals surface area contributed by atoms with E-state index in [0.29, 0.717) is 11.6 Å². The zero-order chi connectivity index (χ0) is 11.4. The molecule has 0 saturated carbocycles. The minimum absolute atomic E-state index is 0.157. The average molecular weight is 256 g/mol. The van der Waals surface area contributed by atoms with Crippen molar-refractivity contribution in [2.45, 2.75) is 13.0 Å². The van der Waals surface area contributed by atoms with Crippen molar-refractivity contribution >= 4 is 29.3 Å². The van der Waals surface area contributed by atoms with Gasteiger partial charge in [-0.2, -0.15) is 11.8 Å². The predicted molar refractivity (Wildman–Crippen MR) is 68.7 cm³/mol. The third kappa shape index (κ3) is 2.92. The Balaban J connectivity index is 1.87. The summed E-state index contributed by atoms with van der Waals surface area (Å²) in [6.07, 6.45) is 0.999. The van der Waals surface area contributed by atoms with E-state index >= 15 is 0 Å². The molecule has 1 aromatic carbocycles. The first kappa shape index (κ1) is 11.8. The summed E-state index contributed by atoms with van der Waals surface area (Å²) in [7, 11) is 0. The van der Waals surface area contributed by atoms with Crippen molar-refractivity contribution in [1.29, 1.82) is 0 Å². The van der Waals surface area contributed by atoms with Gasteiger partial charge < -0.3 is 5.32 Å². The Hall–Kier alpha value is -0.670. The van der Waals surface area contributed by atoms with Gasteiger partial charge in [0.1, 0.15) is 0 Å². The van der Waals surface area contributed by atoms with Crippen LogP contribution in [0.1, 0.15) is 12.0 Å². The van der Waals surface area contributed by atoms with Crippen molar-refractivity contribution in [2.75, 3.05) is 11.5 Å². The lowest BCUT2D eigenvalue weighted by atomic mass is 10.1. The highest BCUT2D eigenvalue weighted by molar-refractivity contribution is 7.99. The molecule has 1 aliphatic rings. The van der Waals surface area contributed by atoms with Crippen LogP contribution in [0, 0.1) is 5.92 Å². The van der Waals surface area contributed by atoms with Crippen LogP contribution in [0.15, 0.2) is 24.3 Å². The molecule has 0 aliphatic carbocycles. The lowest BCUT2D eigenvalue weighted by molar-refractivity contribution is -0.124. The van der Waals surface area contributed by atoms with Gasteiger partial charge in [-0.1, -0.05) is 29.8 Å². The first-order valence-electron chi connectivity index (χ1n) is 5.36. The molecular weight excluding hydrogens is 242 g/mol. The van der Waals surface area contributed by atoms with Gasteiger partial charge in [0.15, 0.2) is 0 Å². The van der Waals surface area contributed by atoms with Crippen LogP contribution >= 0.6 is 23.4 Å². The SMILES string of the molecule is O=C(NCc1ccccc1Cl)C1CCSC1. The van der Waals surface area contributed by atoms with E-state index in [-0.39, 0.29) is 11.8 Å². The Kier molecular flexibility index (Phi) is 4.13. The van der Waals surface area contributed by atoms with Crippen molar-refractivity contribution < 1.29 is 4.79 Å². The molecule has 0 aromatic heterocycles. The molecule has 1 amide bonds. The van der Waals surface area contributed by atoms with Gasteiger partial charge in [-0.15, -0.1) is 0 Å². The van der Waals surface area contributed by atoms with Crippen LogP contribution in [0.4, 0.5) is 0 Å². The number of hydrogen-bond acceptors (Lipinski definition) is 2. The lowest BCUT2D eigenvalue weighted by Crippen LogP contribution is -2.30. The predicted octanol–water partition coefficient (Wildman–Crippen LogP) is 2.71. The maximum atomic E-state index is 11.8. The first-order chi connectivity index (χ1) is 7.77. The number of carbonyl (C=O) groups excluding carboxylic acids is 1. The molecule has 1 atom stereocenters. The Morgan fingerprint density at radius 3 is 3.00 bits per heavy atom. The number of hydrogen-bond donors (Lipinski definition) is 1. The van der Waals surface area contributed by atoms with E-state index in [1.807, 2.05) is 36.0 Å². The molecule has 2 rings (SSSR count). The fourth-order valence-electron chi connectivity index (χ4n) is 1.71. The Morgan fingerprint density at radius 2 is 2.31 bits per heavy atom. The summed E-state index contributed by atoms with van der Waals surface area (Å²) in [6, 6.07) is 7.60. The number of nitrogens with one attached hydrogen (secondary N) is 1. The molecule has 1 heterocycles. The summed E-state index contributed by atoms with van der Waals surface area (Å²) >= 11 is 7.86. The van der Waals surface area contributed by atoms with Crippen molar-refractivity contribution in [3.8, 4) is 0 Å². The molecule has 86 valence electrons. The standard InChI is InChI=1S/C12H14ClNOS/c13-11-4-2-1-3-9(11)7-14-12(15)10-5-6-16-8-10/h1-4,10H,5-8H2,(H,14,15). The average Bonchev–Trinajstić information content (AvgIpc) is 2.81. The van der Waals surface area contributed by atoms with Gasteiger partial charge in [-0.05, 0) is 23.8 Å². The van der Waals surface area contributed by atoms with E-state index in [1.54, 1.807) is 0 Å². The zero-order valence-corrected chi connectivity index (χ0v) is 10.5. The van der Waals surface area contributed by atoms with E-state index in [9.17, 15) is 4.79 Å². The van der Waals surface area contributed by atoms with Gasteiger partial charge in [0.25, 0.3) is 0 Å². The van der Waals surface area contributed by atoms with Crippen LogP contribution in [0.5, 0.6) is 0 Å². The number of carbonyl (C=O) groups is 1. The molecule has 2 nitrogen and oxygen atoms in total. The van der Waals surface area contributed by atoms with E-state index in [1.165, 1.54) is 0 Å². The maximum Gasteiger partial charge on any atom is 0.224 e. The molecular formula is C12H14ClNOS. The maximum absolute atomic E-state index is 11.8. The highest BCUT2D eigenvalue weighted by Crippen LogP contribution is 2.23. The van der Waals surface area contributed by atoms with Crippen LogP contribution in [-0.2, 0) is 11.3 Å². The number of thioether (sulfide) groups is 1. The third-order valence-corrected chi connectivity index (χ3v) is 4.24. The zero-order valence-electron chi connectivity index (χ0n) is 8.91. The number of rotatable bonds is 3. The molecule has 1 saturated heterocycles. The molecule has 4 heteroatoms. The van der Waals surface area contributed by atoms with Gasteiger partial charge in [-0.3, -0.25) is 4.79 Å². The van der Waals surface area contributed by atoms with Gasteiger partial charge in [-0.25, -0.2) is 0 Å². The Morgan fingerprint density at radius 1 is 1.50 bits per heavy atom. The highest BCUT2D eigenvalue weighted by Gasteiger charge is 2.22. The van der Waals surface area contributed by atoms with Gasteiger partial charge in [0.2, 0.25) is 5.91 Å². The van der Waals surface area contributed by atoms with Gasteiger partial charge >= 0.3 is 0 Å². The van der Waals surface area contributed by atoms with Crippen LogP contribution in [0.25, 0.3) is 0 Å². The molecule has 1 N–H and O–H groups in total. The Labute approximate surface area is 105 Å². The minimum Gasteiger partial charge on any atom is -0.352 e. The quantitative estimate of drug-likeness (QED) is 0.900. The molecule has 1 aliphatic heterocycles. The second kappa shape index (κ2) is 5.60. The van der Waals surface area contributed by atoms with Crippen LogP contribution in [-0.4, -0.2) is 17.4 Å². The Bertz CT molecular complexity index is 377. The van der Waals surface area contributed by atoms with E-state index in [4.69, 9.17) is 11.6 Å². The summed E-state index contributed by atoms with van der Waals surface area (Å²) in [4.78, 5) is 11.8. The number of benzene rings is 1. The number of amides is 1. The van der Waals surface area contributed by atoms with Gasteiger partial charge in [0.05, 0.1) is 0 Å². The molecule has 0 radical (unpaired) electrons. The molecule has 16 heavy (non-hydrogen) atoms. The van der Waals surface area contributed by atoms with Crippen molar-refractivity contribution in [2.24, 2.45) is 5.92 Å². The molecule has 1 aromatic rings. The van der Waals surface area contributed by atoms with E-state index in [2.05, 4.69) is 5.32 Å². The summed E-state index contributed by atoms with van der Waals surface area (Å²) in [6.45, 7) is 0.527. The molecule has 1 fully saturated rings. The van der Waals surface area contributed by atoms with Crippen molar-refractivity contribution in [1.82, 2.24) is 5.32 Å². The lowest BCUT2D eigenvalue weighted by Gasteiger charge is -2.10. The van der Waals surface area contributed by atoms with Crippen LogP contribution < -0.4 is 5.32 Å². The topological polar surface area (TPSA) is 29.1 Å². The van der Waals surface area contributed by atoms with Crippen molar-refractivity contribution in [3.63, 3.8) is 0 Å². The summed E-state index contributed by atoms with van der Waals surface area (Å²) < 4.78 is 0. The minimum atomic E-state index is 0.157. The van der Waals surface area contributed by atoms with Gasteiger partial charge in [0, 0.05) is 23.2 Å². The van der Waals surface area contributed by atoms with Crippen LogP contribution in [0.2, 0.25) is 5.02 Å². The summed E-state index contributed by atoms with van der Waals surface area (Å²) in [5.74, 6) is 2.40. The monoisotopic (exact) mass is 255 g/mol. The van der Waals surface area contributed by atoms with E-state index < -0.39 is 0 Å². The fourth-order valence-corrected chi connectivity index (χ4v) is 3.13.